The zero-order valence-electron chi connectivity index (χ0n) is 13.2. The number of Topliss-reactive ketones (excluding diaryl/α,β-unsaturated/α-hetero) is 1. The normalized spacial score (nSPS) is 19.1. The van der Waals surface area contributed by atoms with Gasteiger partial charge < -0.3 is 10.9 Å². The van der Waals surface area contributed by atoms with E-state index in [1.165, 1.54) is 7.11 Å². The molecule has 7 heteroatoms. The zero-order chi connectivity index (χ0) is 13.9. The number of ether oxygens (including phenoxy) is 2. The van der Waals surface area contributed by atoms with Gasteiger partial charge in [-0.25, -0.2) is 9.69 Å². The number of hydrogen-bond donors (Lipinski definition) is 0. The first-order valence-corrected chi connectivity index (χ1v) is 5.82. The van der Waals surface area contributed by atoms with E-state index in [0.717, 1.165) is 4.90 Å². The van der Waals surface area contributed by atoms with Gasteiger partial charge in [0, 0.05) is 13.7 Å². The molecule has 1 aliphatic heterocycles. The second-order valence-corrected chi connectivity index (χ2v) is 5.21. The first kappa shape index (κ1) is 19.2. The van der Waals surface area contributed by atoms with Crippen molar-refractivity contribution in [1.29, 1.82) is 0 Å². The van der Waals surface area contributed by atoms with Crippen LogP contribution in [0.3, 0.4) is 0 Å². The molecule has 0 N–H and O–H groups in total. The fourth-order valence-corrected chi connectivity index (χ4v) is 1.72. The largest absolute Gasteiger partial charge is 1.00 e. The summed E-state index contributed by atoms with van der Waals surface area (Å²) in [5.74, 6) is -1.57. The van der Waals surface area contributed by atoms with E-state index in [9.17, 15) is 14.4 Å². The monoisotopic (exact) mass is 297 g/mol. The third-order valence-corrected chi connectivity index (χ3v) is 2.49. The predicted octanol–water partition coefficient (Wildman–Crippen LogP) is -1.90. The summed E-state index contributed by atoms with van der Waals surface area (Å²) in [5.41, 5.74) is -0.661. The van der Waals surface area contributed by atoms with Crippen LogP contribution in [0.15, 0.2) is 0 Å². The molecule has 104 valence electrons. The minimum Gasteiger partial charge on any atom is -1.00 e. The first-order valence-electron chi connectivity index (χ1n) is 5.82. The van der Waals surface area contributed by atoms with Gasteiger partial charge in [0.2, 0.25) is 5.91 Å². The van der Waals surface area contributed by atoms with Crippen LogP contribution in [0.5, 0.6) is 0 Å². The van der Waals surface area contributed by atoms with E-state index in [1.54, 1.807) is 20.8 Å². The van der Waals surface area contributed by atoms with E-state index in [4.69, 9.17) is 9.47 Å². The maximum Gasteiger partial charge on any atom is 1.00 e. The number of hydrogen-bond acceptors (Lipinski definition) is 5. The maximum absolute atomic E-state index is 11.9. The fraction of sp³-hybridized carbons (Fsp3) is 0.750. The quantitative estimate of drug-likeness (QED) is 0.449. The van der Waals surface area contributed by atoms with Crippen LogP contribution in [0, 0.1) is 5.92 Å². The van der Waals surface area contributed by atoms with Crippen molar-refractivity contribution in [1.82, 2.24) is 4.90 Å². The second-order valence-electron chi connectivity index (χ2n) is 5.21. The zero-order valence-corrected chi connectivity index (χ0v) is 15.3. The van der Waals surface area contributed by atoms with Gasteiger partial charge in [-0.05, 0) is 27.2 Å². The third kappa shape index (κ3) is 5.61. The van der Waals surface area contributed by atoms with Crippen molar-refractivity contribution in [2.75, 3.05) is 20.3 Å². The van der Waals surface area contributed by atoms with Crippen LogP contribution in [-0.4, -0.2) is 48.5 Å². The summed E-state index contributed by atoms with van der Waals surface area (Å²) in [4.78, 5) is 36.2. The number of carbonyl (C=O) groups is 3. The summed E-state index contributed by atoms with van der Waals surface area (Å²) in [5, 5.41) is 0. The van der Waals surface area contributed by atoms with Gasteiger partial charge in [0.1, 0.15) is 18.1 Å². The molecule has 1 unspecified atom stereocenters. The molecule has 0 radical (unpaired) electrons. The van der Waals surface area contributed by atoms with E-state index in [1.807, 2.05) is 0 Å². The summed E-state index contributed by atoms with van der Waals surface area (Å²) in [6.07, 6.45) is -0.361. The van der Waals surface area contributed by atoms with Crippen molar-refractivity contribution in [2.45, 2.75) is 32.8 Å². The van der Waals surface area contributed by atoms with Gasteiger partial charge in [-0.15, -0.1) is 0 Å². The molecule has 0 aromatic carbocycles. The van der Waals surface area contributed by atoms with Crippen molar-refractivity contribution in [3.05, 3.63) is 0 Å². The van der Waals surface area contributed by atoms with Crippen LogP contribution in [-0.2, 0) is 19.1 Å². The Bertz CT molecular complexity index is 369. The molecule has 1 atom stereocenters. The van der Waals surface area contributed by atoms with Gasteiger partial charge in [-0.2, -0.15) is 0 Å². The number of rotatable bonds is 3. The van der Waals surface area contributed by atoms with Crippen LogP contribution in [0.1, 0.15) is 28.6 Å². The topological polar surface area (TPSA) is 72.9 Å². The molecule has 0 spiro atoms. The van der Waals surface area contributed by atoms with Gasteiger partial charge in [0.25, 0.3) is 0 Å². The Hall–Kier alpha value is 0.206. The van der Waals surface area contributed by atoms with Crippen molar-refractivity contribution < 1.29 is 76.7 Å². The van der Waals surface area contributed by atoms with Crippen LogP contribution in [0.2, 0.25) is 0 Å². The molecular formula is C12H20KNO5. The van der Waals surface area contributed by atoms with Crippen LogP contribution >= 0.6 is 0 Å². The Kier molecular flexibility index (Phi) is 7.93. The first-order chi connectivity index (χ1) is 8.26. The summed E-state index contributed by atoms with van der Waals surface area (Å²) in [6.45, 7) is 5.27. The number of ketones is 1. The summed E-state index contributed by atoms with van der Waals surface area (Å²) < 4.78 is 9.81. The number of methoxy groups -OCH3 is 1. The number of carbonyl (C=O) groups excluding carboxylic acids is 3. The molecule has 0 aliphatic carbocycles. The molecule has 1 saturated heterocycles. The average Bonchev–Trinajstić information content (AvgIpc) is 2.57. The molecular weight excluding hydrogens is 277 g/mol. The van der Waals surface area contributed by atoms with E-state index >= 15 is 0 Å². The number of amides is 2. The summed E-state index contributed by atoms with van der Waals surface area (Å²) >= 11 is 0. The van der Waals surface area contributed by atoms with E-state index in [0.29, 0.717) is 6.42 Å². The van der Waals surface area contributed by atoms with E-state index in [2.05, 4.69) is 0 Å². The minimum absolute atomic E-state index is 0. The molecule has 0 aromatic rings. The second kappa shape index (κ2) is 7.85. The number of likely N-dealkylation sites (tertiary alicyclic amines) is 1. The standard InChI is InChI=1S/C12H19NO5.K.H/c1-12(2,3)18-11(16)13-6-5-8(10(13)15)9(14)7-17-4;;/h8H,5-7H2,1-4H3;;/q;+1;-1. The number of imide groups is 1. The molecule has 0 bridgehead atoms. The Morgan fingerprint density at radius 2 is 2.00 bits per heavy atom. The van der Waals surface area contributed by atoms with Gasteiger partial charge in [0.15, 0.2) is 5.78 Å². The van der Waals surface area contributed by atoms with Crippen molar-refractivity contribution in [3.63, 3.8) is 0 Å². The van der Waals surface area contributed by atoms with Crippen LogP contribution < -0.4 is 51.4 Å². The minimum atomic E-state index is -0.780. The van der Waals surface area contributed by atoms with Crippen LogP contribution in [0.4, 0.5) is 4.79 Å². The van der Waals surface area contributed by atoms with Crippen molar-refractivity contribution in [2.24, 2.45) is 5.92 Å². The molecule has 0 aromatic heterocycles. The Morgan fingerprint density at radius 1 is 1.42 bits per heavy atom. The Morgan fingerprint density at radius 3 is 2.47 bits per heavy atom. The SMILES string of the molecule is COCC(=O)C1CCN(C(=O)OC(C)(C)C)C1=O.[H-].[K+]. The molecule has 0 saturated carbocycles. The molecule has 2 amide bonds. The molecule has 6 nitrogen and oxygen atoms in total. The van der Waals surface area contributed by atoms with Gasteiger partial charge in [-0.3, -0.25) is 9.59 Å². The fourth-order valence-electron chi connectivity index (χ4n) is 1.72. The summed E-state index contributed by atoms with van der Waals surface area (Å²) in [6, 6.07) is 0. The average molecular weight is 297 g/mol. The van der Waals surface area contributed by atoms with E-state index in [-0.39, 0.29) is 71.7 Å². The molecule has 19 heavy (non-hydrogen) atoms. The number of nitrogens with zero attached hydrogens (tertiary/aromatic N) is 1. The van der Waals surface area contributed by atoms with Gasteiger partial charge in [0.05, 0.1) is 0 Å². The molecule has 1 rings (SSSR count). The van der Waals surface area contributed by atoms with Crippen molar-refractivity contribution >= 4 is 17.8 Å². The summed E-state index contributed by atoms with van der Waals surface area (Å²) in [7, 11) is 1.39. The Balaban J connectivity index is 0. The van der Waals surface area contributed by atoms with Gasteiger partial charge in [-0.1, -0.05) is 0 Å². The van der Waals surface area contributed by atoms with Crippen molar-refractivity contribution in [3.8, 4) is 0 Å². The molecule has 1 fully saturated rings. The third-order valence-electron chi connectivity index (χ3n) is 2.49. The van der Waals surface area contributed by atoms with Gasteiger partial charge >= 0.3 is 57.5 Å². The smallest absolute Gasteiger partial charge is 1.00 e. The maximum atomic E-state index is 11.9. The molecule has 1 heterocycles. The Labute approximate surface area is 157 Å². The van der Waals surface area contributed by atoms with Crippen LogP contribution in [0.25, 0.3) is 0 Å². The molecule has 1 aliphatic rings. The predicted molar refractivity (Wildman–Crippen MR) is 64.0 cm³/mol. The van der Waals surface area contributed by atoms with E-state index < -0.39 is 23.5 Å².